The van der Waals surface area contributed by atoms with E-state index in [2.05, 4.69) is 25.7 Å². The Hall–Kier alpha value is -0.0800. The van der Waals surface area contributed by atoms with Crippen LogP contribution in [0, 0.1) is 0 Å². The van der Waals surface area contributed by atoms with Crippen LogP contribution in [0.4, 0.5) is 0 Å². The molecular weight excluding hydrogens is 138 g/mol. The van der Waals surface area contributed by atoms with Crippen LogP contribution < -0.4 is 0 Å². The number of rotatable bonds is 1. The maximum absolute atomic E-state index is 5.45. The molecule has 0 spiro atoms. The maximum atomic E-state index is 5.45. The zero-order chi connectivity index (χ0) is 8.27. The van der Waals surface area contributed by atoms with Gasteiger partial charge in [-0.2, -0.15) is 0 Å². The Morgan fingerprint density at radius 1 is 1.45 bits per heavy atom. The highest BCUT2D eigenvalue weighted by atomic mass is 16.5. The highest BCUT2D eigenvalue weighted by molar-refractivity contribution is 4.72. The molecule has 2 heteroatoms. The van der Waals surface area contributed by atoms with E-state index >= 15 is 0 Å². The molecule has 66 valence electrons. The molecule has 0 unspecified atom stereocenters. The fourth-order valence-corrected chi connectivity index (χ4v) is 1.69. The molecule has 11 heavy (non-hydrogen) atoms. The Kier molecular flexibility index (Phi) is 3.34. The van der Waals surface area contributed by atoms with E-state index in [1.165, 1.54) is 13.0 Å². The first kappa shape index (κ1) is 9.01. The van der Waals surface area contributed by atoms with Gasteiger partial charge in [0.15, 0.2) is 0 Å². The van der Waals surface area contributed by atoms with E-state index in [1.807, 2.05) is 0 Å². The molecule has 2 nitrogen and oxygen atoms in total. The van der Waals surface area contributed by atoms with Crippen molar-refractivity contribution in [2.24, 2.45) is 0 Å². The van der Waals surface area contributed by atoms with E-state index in [-0.39, 0.29) is 0 Å². The van der Waals surface area contributed by atoms with Gasteiger partial charge in [0, 0.05) is 25.2 Å². The third-order valence-corrected chi connectivity index (χ3v) is 2.29. The molecule has 0 aromatic carbocycles. The van der Waals surface area contributed by atoms with Gasteiger partial charge in [0.05, 0.1) is 6.61 Å². The van der Waals surface area contributed by atoms with Crippen molar-refractivity contribution in [3.63, 3.8) is 0 Å². The summed E-state index contributed by atoms with van der Waals surface area (Å²) in [7, 11) is 0. The predicted octanol–water partition coefficient (Wildman–Crippen LogP) is 1.51. The Balaban J connectivity index is 2.45. The van der Waals surface area contributed by atoms with E-state index in [4.69, 9.17) is 4.74 Å². The lowest BCUT2D eigenvalue weighted by molar-refractivity contribution is 0.0958. The molecule has 1 heterocycles. The molecule has 0 amide bonds. The smallest absolute Gasteiger partial charge is 0.0619 e. The SMILES string of the molecule is CC(C)N1CCCOC[C@H]1C. The van der Waals surface area contributed by atoms with Crippen molar-refractivity contribution in [3.05, 3.63) is 0 Å². The van der Waals surface area contributed by atoms with Crippen LogP contribution in [0.3, 0.4) is 0 Å². The summed E-state index contributed by atoms with van der Waals surface area (Å²) in [5.41, 5.74) is 0. The summed E-state index contributed by atoms with van der Waals surface area (Å²) < 4.78 is 5.45. The second-order valence-corrected chi connectivity index (χ2v) is 3.61. The van der Waals surface area contributed by atoms with E-state index in [9.17, 15) is 0 Å². The lowest BCUT2D eigenvalue weighted by atomic mass is 10.2. The molecule has 1 atom stereocenters. The summed E-state index contributed by atoms with van der Waals surface area (Å²) in [6.07, 6.45) is 1.18. The normalized spacial score (nSPS) is 28.9. The van der Waals surface area contributed by atoms with Crippen LogP contribution in [-0.4, -0.2) is 36.7 Å². The zero-order valence-electron chi connectivity index (χ0n) is 7.84. The van der Waals surface area contributed by atoms with E-state index < -0.39 is 0 Å². The number of nitrogens with zero attached hydrogens (tertiary/aromatic N) is 1. The van der Waals surface area contributed by atoms with Gasteiger partial charge in [-0.05, 0) is 27.2 Å². The van der Waals surface area contributed by atoms with Gasteiger partial charge in [-0.25, -0.2) is 0 Å². The van der Waals surface area contributed by atoms with Gasteiger partial charge >= 0.3 is 0 Å². The third-order valence-electron chi connectivity index (χ3n) is 2.29. The number of hydrogen-bond donors (Lipinski definition) is 0. The second kappa shape index (κ2) is 4.07. The molecule has 1 aliphatic heterocycles. The molecular formula is C9H19NO. The summed E-state index contributed by atoms with van der Waals surface area (Å²) in [5.74, 6) is 0. The van der Waals surface area contributed by atoms with Gasteiger partial charge in [0.25, 0.3) is 0 Å². The molecule has 0 saturated carbocycles. The van der Waals surface area contributed by atoms with Crippen LogP contribution in [0.1, 0.15) is 27.2 Å². The molecule has 0 N–H and O–H groups in total. The fraction of sp³-hybridized carbons (Fsp3) is 1.00. The number of hydrogen-bond acceptors (Lipinski definition) is 2. The second-order valence-electron chi connectivity index (χ2n) is 3.61. The van der Waals surface area contributed by atoms with Crippen LogP contribution in [0.15, 0.2) is 0 Å². The zero-order valence-corrected chi connectivity index (χ0v) is 7.84. The summed E-state index contributed by atoms with van der Waals surface area (Å²) in [4.78, 5) is 2.51. The minimum absolute atomic E-state index is 0.595. The highest BCUT2D eigenvalue weighted by Gasteiger charge is 2.18. The summed E-state index contributed by atoms with van der Waals surface area (Å²) >= 11 is 0. The van der Waals surface area contributed by atoms with Crippen molar-refractivity contribution in [2.45, 2.75) is 39.3 Å². The van der Waals surface area contributed by atoms with Crippen molar-refractivity contribution < 1.29 is 4.74 Å². The number of ether oxygens (including phenoxy) is 1. The van der Waals surface area contributed by atoms with Gasteiger partial charge in [0.2, 0.25) is 0 Å². The average Bonchev–Trinajstić information content (AvgIpc) is 2.13. The quantitative estimate of drug-likeness (QED) is 0.572. The van der Waals surface area contributed by atoms with Gasteiger partial charge in [-0.15, -0.1) is 0 Å². The van der Waals surface area contributed by atoms with Gasteiger partial charge in [0.1, 0.15) is 0 Å². The monoisotopic (exact) mass is 157 g/mol. The molecule has 0 aromatic rings. The first-order chi connectivity index (χ1) is 5.22. The van der Waals surface area contributed by atoms with Crippen LogP contribution in [-0.2, 0) is 4.74 Å². The van der Waals surface area contributed by atoms with E-state index in [0.717, 1.165) is 13.2 Å². The first-order valence-corrected chi connectivity index (χ1v) is 4.55. The molecule has 0 aliphatic carbocycles. The van der Waals surface area contributed by atoms with Gasteiger partial charge in [-0.1, -0.05) is 0 Å². The van der Waals surface area contributed by atoms with Crippen molar-refractivity contribution in [3.8, 4) is 0 Å². The largest absolute Gasteiger partial charge is 0.380 e. The molecule has 1 saturated heterocycles. The summed E-state index contributed by atoms with van der Waals surface area (Å²) in [6.45, 7) is 9.78. The van der Waals surface area contributed by atoms with Crippen molar-refractivity contribution in [1.82, 2.24) is 4.90 Å². The van der Waals surface area contributed by atoms with Crippen LogP contribution in [0.5, 0.6) is 0 Å². The van der Waals surface area contributed by atoms with Gasteiger partial charge in [-0.3, -0.25) is 4.90 Å². The topological polar surface area (TPSA) is 12.5 Å². The molecule has 0 bridgehead atoms. The van der Waals surface area contributed by atoms with Gasteiger partial charge < -0.3 is 4.74 Å². The van der Waals surface area contributed by atoms with Crippen LogP contribution in [0.2, 0.25) is 0 Å². The highest BCUT2D eigenvalue weighted by Crippen LogP contribution is 2.10. The molecule has 0 radical (unpaired) electrons. The van der Waals surface area contributed by atoms with Crippen molar-refractivity contribution >= 4 is 0 Å². The standard InChI is InChI=1S/C9H19NO/c1-8(2)10-5-4-6-11-7-9(10)3/h8-9H,4-7H2,1-3H3/t9-/m1/s1. The van der Waals surface area contributed by atoms with E-state index in [0.29, 0.717) is 12.1 Å². The molecule has 1 fully saturated rings. The predicted molar refractivity (Wildman–Crippen MR) is 46.7 cm³/mol. The molecule has 1 aliphatic rings. The maximum Gasteiger partial charge on any atom is 0.0619 e. The summed E-state index contributed by atoms with van der Waals surface area (Å²) in [5, 5.41) is 0. The summed E-state index contributed by atoms with van der Waals surface area (Å²) in [6, 6.07) is 1.25. The van der Waals surface area contributed by atoms with E-state index in [1.54, 1.807) is 0 Å². The Bertz CT molecular complexity index is 114. The fourth-order valence-electron chi connectivity index (χ4n) is 1.69. The average molecular weight is 157 g/mol. The lowest BCUT2D eigenvalue weighted by Crippen LogP contribution is -2.40. The van der Waals surface area contributed by atoms with Crippen molar-refractivity contribution in [1.29, 1.82) is 0 Å². The van der Waals surface area contributed by atoms with Crippen LogP contribution >= 0.6 is 0 Å². The lowest BCUT2D eigenvalue weighted by Gasteiger charge is -2.29. The molecule has 0 aromatic heterocycles. The third kappa shape index (κ3) is 2.46. The Morgan fingerprint density at radius 2 is 2.18 bits per heavy atom. The molecule has 1 rings (SSSR count). The van der Waals surface area contributed by atoms with Crippen LogP contribution in [0.25, 0.3) is 0 Å². The minimum atomic E-state index is 0.595. The minimum Gasteiger partial charge on any atom is -0.380 e. The Morgan fingerprint density at radius 3 is 2.82 bits per heavy atom. The first-order valence-electron chi connectivity index (χ1n) is 4.55. The van der Waals surface area contributed by atoms with Crippen molar-refractivity contribution in [2.75, 3.05) is 19.8 Å². The Labute approximate surface area is 69.5 Å².